The lowest BCUT2D eigenvalue weighted by atomic mass is 9.59. The number of carbonyl (C=O) groups is 2. The van der Waals surface area contributed by atoms with E-state index in [-0.39, 0.29) is 22.2 Å². The summed E-state index contributed by atoms with van der Waals surface area (Å²) in [4.78, 5) is 22.6. The summed E-state index contributed by atoms with van der Waals surface area (Å²) in [6.45, 7) is 22.5. The number of Topliss-reactive ketones (excluding diaryl/α,β-unsaturated/α-hetero) is 1. The summed E-state index contributed by atoms with van der Waals surface area (Å²) in [7, 11) is 6.20. The number of nitrogens with one attached hydrogen (secondary N) is 1. The van der Waals surface area contributed by atoms with E-state index in [4.69, 9.17) is 7.85 Å². The second-order valence-corrected chi connectivity index (χ2v) is 11.6. The molecule has 168 valence electrons. The lowest BCUT2D eigenvalue weighted by Crippen LogP contribution is -2.43. The van der Waals surface area contributed by atoms with E-state index in [1.165, 1.54) is 11.1 Å². The number of ketones is 1. The Morgan fingerprint density at radius 2 is 1.23 bits per heavy atom. The smallest absolute Gasteiger partial charge is 0.207 e. The van der Waals surface area contributed by atoms with Crippen molar-refractivity contribution in [3.05, 3.63) is 35.4 Å². The van der Waals surface area contributed by atoms with Crippen LogP contribution in [0.15, 0.2) is 24.3 Å². The second-order valence-electron chi connectivity index (χ2n) is 11.6. The van der Waals surface area contributed by atoms with Gasteiger partial charge < -0.3 is 10.1 Å². The van der Waals surface area contributed by atoms with Gasteiger partial charge >= 0.3 is 0 Å². The van der Waals surface area contributed by atoms with Gasteiger partial charge in [-0.3, -0.25) is 4.79 Å². The first-order chi connectivity index (χ1) is 13.4. The van der Waals surface area contributed by atoms with Gasteiger partial charge in [-0.25, -0.2) is 0 Å². The summed E-state index contributed by atoms with van der Waals surface area (Å²) in [6, 6.07) is 8.56. The molecule has 0 aliphatic rings. The largest absolute Gasteiger partial charge is 0.354 e. The normalized spacial score (nSPS) is 14.4. The highest BCUT2D eigenvalue weighted by molar-refractivity contribution is 6.27. The molecule has 0 spiro atoms. The predicted molar refractivity (Wildman–Crippen MR) is 130 cm³/mol. The fourth-order valence-electron chi connectivity index (χ4n) is 3.93. The van der Waals surface area contributed by atoms with Crippen molar-refractivity contribution < 1.29 is 9.59 Å². The maximum Gasteiger partial charge on any atom is 0.207 e. The molecule has 0 aliphatic heterocycles. The Hall–Kier alpha value is -1.58. The van der Waals surface area contributed by atoms with E-state index in [1.807, 2.05) is 13.8 Å². The van der Waals surface area contributed by atoms with E-state index in [9.17, 15) is 9.59 Å². The maximum atomic E-state index is 11.8. The summed E-state index contributed by atoms with van der Waals surface area (Å²) in [5.74, 6) is 0.841. The topological polar surface area (TPSA) is 46.2 Å². The third-order valence-electron chi connectivity index (χ3n) is 5.39. The minimum Gasteiger partial charge on any atom is -0.354 e. The van der Waals surface area contributed by atoms with Crippen LogP contribution in [-0.4, -0.2) is 25.6 Å². The quantitative estimate of drug-likeness (QED) is 0.390. The van der Waals surface area contributed by atoms with Crippen molar-refractivity contribution in [2.24, 2.45) is 5.92 Å². The summed E-state index contributed by atoms with van der Waals surface area (Å²) in [6.07, 6.45) is 2.18. The standard InChI is InChI=1S/C22H34BNO2.C4H10/c1-16(26)22(8,23)14-20(4,5)18-11-9-17(10-12-18)19(2,3)13-21(6,7)24-15-25;1-4(2)3/h9-12,15H,13-14H2,1-8H3,(H,24,25);4H,1-3H3. The molecule has 0 saturated heterocycles. The monoisotopic (exact) mass is 413 g/mol. The van der Waals surface area contributed by atoms with E-state index in [0.29, 0.717) is 6.42 Å². The lowest BCUT2D eigenvalue weighted by molar-refractivity contribution is -0.120. The van der Waals surface area contributed by atoms with E-state index in [0.717, 1.165) is 18.7 Å². The van der Waals surface area contributed by atoms with E-state index in [1.54, 1.807) is 13.8 Å². The Balaban J connectivity index is 0.00000192. The highest BCUT2D eigenvalue weighted by Gasteiger charge is 2.34. The molecule has 0 fully saturated rings. The Morgan fingerprint density at radius 1 is 0.900 bits per heavy atom. The number of hydrogen-bond donors (Lipinski definition) is 1. The van der Waals surface area contributed by atoms with Crippen molar-refractivity contribution in [3.8, 4) is 0 Å². The van der Waals surface area contributed by atoms with Crippen molar-refractivity contribution in [3.63, 3.8) is 0 Å². The molecule has 3 nitrogen and oxygen atoms in total. The molecule has 1 amide bonds. The minimum absolute atomic E-state index is 0.00763. The molecule has 30 heavy (non-hydrogen) atoms. The maximum absolute atomic E-state index is 11.8. The first kappa shape index (κ1) is 28.4. The van der Waals surface area contributed by atoms with Crippen molar-refractivity contribution in [1.82, 2.24) is 5.32 Å². The summed E-state index contributed by atoms with van der Waals surface area (Å²) < 4.78 is 0. The van der Waals surface area contributed by atoms with Gasteiger partial charge in [0.05, 0.1) is 7.85 Å². The molecule has 0 heterocycles. The summed E-state index contributed by atoms with van der Waals surface area (Å²) >= 11 is 0. The van der Waals surface area contributed by atoms with Gasteiger partial charge in [0.2, 0.25) is 6.41 Å². The number of benzene rings is 1. The number of hydrogen-bond acceptors (Lipinski definition) is 2. The van der Waals surface area contributed by atoms with Crippen LogP contribution in [0.25, 0.3) is 0 Å². The van der Waals surface area contributed by atoms with Crippen LogP contribution in [0, 0.1) is 5.92 Å². The molecular formula is C26H44BNO2. The van der Waals surface area contributed by atoms with Gasteiger partial charge in [0.15, 0.2) is 0 Å². The number of rotatable bonds is 9. The van der Waals surface area contributed by atoms with Crippen LogP contribution in [0.4, 0.5) is 0 Å². The molecule has 1 aromatic carbocycles. The van der Waals surface area contributed by atoms with Crippen molar-refractivity contribution in [2.45, 2.75) is 111 Å². The minimum atomic E-state index is -0.827. The van der Waals surface area contributed by atoms with Crippen LogP contribution in [0.2, 0.25) is 5.31 Å². The lowest BCUT2D eigenvalue weighted by Gasteiger charge is -2.36. The molecule has 1 aromatic rings. The molecule has 0 aliphatic carbocycles. The average Bonchev–Trinajstić information content (AvgIpc) is 2.52. The molecule has 0 saturated carbocycles. The first-order valence-electron chi connectivity index (χ1n) is 11.0. The third kappa shape index (κ3) is 9.49. The first-order valence-corrected chi connectivity index (χ1v) is 11.0. The van der Waals surface area contributed by atoms with Crippen molar-refractivity contribution >= 4 is 20.0 Å². The van der Waals surface area contributed by atoms with Gasteiger partial charge in [-0.2, -0.15) is 0 Å². The SMILES string of the molecule is CC(C)C.[B]C(C)(CC(C)(C)c1ccc(C(C)(C)CC(C)(C)NC=O)cc1)C(C)=O. The van der Waals surface area contributed by atoms with Gasteiger partial charge in [-0.1, -0.05) is 79.7 Å². The highest BCUT2D eigenvalue weighted by Crippen LogP contribution is 2.40. The molecule has 4 heteroatoms. The molecule has 2 radical (unpaired) electrons. The van der Waals surface area contributed by atoms with Crippen LogP contribution < -0.4 is 5.32 Å². The van der Waals surface area contributed by atoms with Gasteiger partial charge in [-0.05, 0) is 66.8 Å². The van der Waals surface area contributed by atoms with E-state index < -0.39 is 5.31 Å². The highest BCUT2D eigenvalue weighted by atomic mass is 16.1. The molecule has 0 bridgehead atoms. The number of carbonyl (C=O) groups excluding carboxylic acids is 2. The van der Waals surface area contributed by atoms with Crippen molar-refractivity contribution in [2.75, 3.05) is 0 Å². The predicted octanol–water partition coefficient (Wildman–Crippen LogP) is 6.15. The summed E-state index contributed by atoms with van der Waals surface area (Å²) in [5.41, 5.74) is 1.84. The van der Waals surface area contributed by atoms with Crippen LogP contribution in [0.5, 0.6) is 0 Å². The van der Waals surface area contributed by atoms with Crippen LogP contribution in [0.3, 0.4) is 0 Å². The molecule has 1 unspecified atom stereocenters. The van der Waals surface area contributed by atoms with Crippen molar-refractivity contribution in [1.29, 1.82) is 0 Å². The van der Waals surface area contributed by atoms with Gasteiger partial charge in [0, 0.05) is 5.54 Å². The van der Waals surface area contributed by atoms with E-state index >= 15 is 0 Å². The van der Waals surface area contributed by atoms with Crippen LogP contribution in [0.1, 0.15) is 100 Å². The fraction of sp³-hybridized carbons (Fsp3) is 0.692. The molecule has 1 rings (SSSR count). The molecule has 0 aromatic heterocycles. The van der Waals surface area contributed by atoms with Gasteiger partial charge in [0.25, 0.3) is 0 Å². The van der Waals surface area contributed by atoms with Gasteiger partial charge in [-0.15, -0.1) is 0 Å². The second kappa shape index (κ2) is 10.6. The Labute approximate surface area is 187 Å². The van der Waals surface area contributed by atoms with E-state index in [2.05, 4.69) is 78.0 Å². The summed E-state index contributed by atoms with van der Waals surface area (Å²) in [5, 5.41) is 2.07. The Morgan fingerprint density at radius 3 is 1.53 bits per heavy atom. The zero-order chi connectivity index (χ0) is 24.0. The third-order valence-corrected chi connectivity index (χ3v) is 5.39. The Bertz CT molecular complexity index is 683. The van der Waals surface area contributed by atoms with Crippen LogP contribution >= 0.6 is 0 Å². The zero-order valence-corrected chi connectivity index (χ0v) is 21.3. The molecule has 1 atom stereocenters. The fourth-order valence-corrected chi connectivity index (χ4v) is 3.93. The average molecular weight is 413 g/mol. The van der Waals surface area contributed by atoms with Crippen LogP contribution in [-0.2, 0) is 20.4 Å². The molecule has 1 N–H and O–H groups in total. The zero-order valence-electron chi connectivity index (χ0n) is 21.3. The van der Waals surface area contributed by atoms with Gasteiger partial charge in [0.1, 0.15) is 5.78 Å². The number of amides is 1. The Kier molecular flexibility index (Phi) is 10.1. The molecular weight excluding hydrogens is 369 g/mol.